The maximum absolute atomic E-state index is 12.4. The summed E-state index contributed by atoms with van der Waals surface area (Å²) in [7, 11) is 3.43. The third-order valence-electron chi connectivity index (χ3n) is 3.43. The molecule has 104 valence electrons. The molecule has 0 aromatic carbocycles. The molecule has 0 saturated carbocycles. The van der Waals surface area contributed by atoms with Crippen LogP contribution in [0.1, 0.15) is 26.7 Å². The molecule has 1 rings (SSSR count). The Morgan fingerprint density at radius 3 is 2.44 bits per heavy atom. The third kappa shape index (κ3) is 3.70. The standard InChI is InChI=1S/C13H25N3O2/c1-5-8-16(9-11(17)15(3)4)13(18)12-10(2)6-7-14-12/h10,12,14H,5-9H2,1-4H3. The van der Waals surface area contributed by atoms with Gasteiger partial charge in [0.15, 0.2) is 0 Å². The average Bonchev–Trinajstić information content (AvgIpc) is 2.73. The summed E-state index contributed by atoms with van der Waals surface area (Å²) in [6.45, 7) is 5.82. The SMILES string of the molecule is CCCN(CC(=O)N(C)C)C(=O)C1NCCC1C. The van der Waals surface area contributed by atoms with Gasteiger partial charge < -0.3 is 15.1 Å². The zero-order chi connectivity index (χ0) is 13.7. The molecule has 1 saturated heterocycles. The van der Waals surface area contributed by atoms with E-state index in [4.69, 9.17) is 0 Å². The van der Waals surface area contributed by atoms with E-state index in [0.29, 0.717) is 12.5 Å². The van der Waals surface area contributed by atoms with Gasteiger partial charge >= 0.3 is 0 Å². The van der Waals surface area contributed by atoms with Crippen LogP contribution >= 0.6 is 0 Å². The summed E-state index contributed by atoms with van der Waals surface area (Å²) < 4.78 is 0. The summed E-state index contributed by atoms with van der Waals surface area (Å²) >= 11 is 0. The monoisotopic (exact) mass is 255 g/mol. The van der Waals surface area contributed by atoms with Crippen LogP contribution in [0.2, 0.25) is 0 Å². The second kappa shape index (κ2) is 6.73. The van der Waals surface area contributed by atoms with E-state index in [0.717, 1.165) is 19.4 Å². The first kappa shape index (κ1) is 15.0. The fraction of sp³-hybridized carbons (Fsp3) is 0.846. The Kier molecular flexibility index (Phi) is 5.59. The molecule has 1 fully saturated rings. The summed E-state index contributed by atoms with van der Waals surface area (Å²) in [6, 6.07) is -0.119. The number of amides is 2. The van der Waals surface area contributed by atoms with Gasteiger partial charge in [0.2, 0.25) is 11.8 Å². The molecule has 2 atom stereocenters. The van der Waals surface area contributed by atoms with Gasteiger partial charge in [0, 0.05) is 20.6 Å². The van der Waals surface area contributed by atoms with Crippen LogP contribution < -0.4 is 5.32 Å². The highest BCUT2D eigenvalue weighted by molar-refractivity contribution is 5.87. The Labute approximate surface area is 110 Å². The largest absolute Gasteiger partial charge is 0.347 e. The lowest BCUT2D eigenvalue weighted by Crippen LogP contribution is -2.49. The van der Waals surface area contributed by atoms with E-state index in [9.17, 15) is 9.59 Å². The van der Waals surface area contributed by atoms with Crippen LogP contribution in [0, 0.1) is 5.92 Å². The number of hydrogen-bond donors (Lipinski definition) is 1. The molecule has 1 N–H and O–H groups in total. The van der Waals surface area contributed by atoms with E-state index >= 15 is 0 Å². The van der Waals surface area contributed by atoms with Crippen LogP contribution in [0.5, 0.6) is 0 Å². The second-order valence-electron chi connectivity index (χ2n) is 5.25. The second-order valence-corrected chi connectivity index (χ2v) is 5.25. The molecule has 2 amide bonds. The van der Waals surface area contributed by atoms with Gasteiger partial charge in [0.1, 0.15) is 0 Å². The van der Waals surface area contributed by atoms with E-state index < -0.39 is 0 Å². The number of carbonyl (C=O) groups excluding carboxylic acids is 2. The zero-order valence-electron chi connectivity index (χ0n) is 11.9. The van der Waals surface area contributed by atoms with Crippen LogP contribution in [0.25, 0.3) is 0 Å². The molecule has 0 aromatic rings. The highest BCUT2D eigenvalue weighted by Crippen LogP contribution is 2.16. The molecular weight excluding hydrogens is 230 g/mol. The number of carbonyl (C=O) groups is 2. The van der Waals surface area contributed by atoms with Crippen molar-refractivity contribution in [3.8, 4) is 0 Å². The molecule has 0 aliphatic carbocycles. The summed E-state index contributed by atoms with van der Waals surface area (Å²) in [5.74, 6) is 0.394. The molecule has 1 heterocycles. The highest BCUT2D eigenvalue weighted by Gasteiger charge is 2.33. The maximum Gasteiger partial charge on any atom is 0.241 e. The van der Waals surface area contributed by atoms with Gasteiger partial charge in [-0.05, 0) is 25.3 Å². The number of hydrogen-bond acceptors (Lipinski definition) is 3. The topological polar surface area (TPSA) is 52.7 Å². The van der Waals surface area contributed by atoms with E-state index in [2.05, 4.69) is 12.2 Å². The summed E-state index contributed by atoms with van der Waals surface area (Å²) in [5, 5.41) is 3.23. The summed E-state index contributed by atoms with van der Waals surface area (Å²) in [5.41, 5.74) is 0. The van der Waals surface area contributed by atoms with E-state index in [1.165, 1.54) is 4.90 Å². The first-order chi connectivity index (χ1) is 8.47. The quantitative estimate of drug-likeness (QED) is 0.769. The predicted molar refractivity (Wildman–Crippen MR) is 71.1 cm³/mol. The van der Waals surface area contributed by atoms with Gasteiger partial charge in [0.05, 0.1) is 12.6 Å². The number of nitrogens with zero attached hydrogens (tertiary/aromatic N) is 2. The van der Waals surface area contributed by atoms with Gasteiger partial charge in [-0.25, -0.2) is 0 Å². The third-order valence-corrected chi connectivity index (χ3v) is 3.43. The Balaban J connectivity index is 2.65. The molecule has 5 heteroatoms. The maximum atomic E-state index is 12.4. The fourth-order valence-electron chi connectivity index (χ4n) is 2.20. The van der Waals surface area contributed by atoms with Crippen LogP contribution in [0.4, 0.5) is 0 Å². The van der Waals surface area contributed by atoms with Crippen molar-refractivity contribution >= 4 is 11.8 Å². The minimum Gasteiger partial charge on any atom is -0.347 e. The van der Waals surface area contributed by atoms with Crippen molar-refractivity contribution < 1.29 is 9.59 Å². The first-order valence-electron chi connectivity index (χ1n) is 6.69. The van der Waals surface area contributed by atoms with Crippen LogP contribution in [0.3, 0.4) is 0 Å². The lowest BCUT2D eigenvalue weighted by molar-refractivity contribution is -0.140. The van der Waals surface area contributed by atoms with Crippen molar-refractivity contribution in [2.45, 2.75) is 32.7 Å². The highest BCUT2D eigenvalue weighted by atomic mass is 16.2. The fourth-order valence-corrected chi connectivity index (χ4v) is 2.20. The minimum absolute atomic E-state index is 0.0255. The van der Waals surface area contributed by atoms with Crippen molar-refractivity contribution in [2.24, 2.45) is 5.92 Å². The van der Waals surface area contributed by atoms with Crippen LogP contribution in [-0.4, -0.2) is 61.4 Å². The van der Waals surface area contributed by atoms with Crippen molar-refractivity contribution in [1.29, 1.82) is 0 Å². The van der Waals surface area contributed by atoms with E-state index in [1.54, 1.807) is 19.0 Å². The first-order valence-corrected chi connectivity index (χ1v) is 6.69. The molecule has 0 aromatic heterocycles. The minimum atomic E-state index is -0.119. The van der Waals surface area contributed by atoms with Crippen molar-refractivity contribution in [3.63, 3.8) is 0 Å². The van der Waals surface area contributed by atoms with Crippen LogP contribution in [-0.2, 0) is 9.59 Å². The molecular formula is C13H25N3O2. The Morgan fingerprint density at radius 1 is 1.33 bits per heavy atom. The summed E-state index contributed by atoms with van der Waals surface area (Å²) in [6.07, 6.45) is 1.89. The van der Waals surface area contributed by atoms with E-state index in [1.807, 2.05) is 6.92 Å². The molecule has 1 aliphatic heterocycles. The molecule has 0 spiro atoms. The average molecular weight is 255 g/mol. The number of rotatable bonds is 5. The number of likely N-dealkylation sites (N-methyl/N-ethyl adjacent to an activating group) is 1. The lowest BCUT2D eigenvalue weighted by atomic mass is 10.0. The van der Waals surface area contributed by atoms with E-state index in [-0.39, 0.29) is 24.4 Å². The smallest absolute Gasteiger partial charge is 0.241 e. The van der Waals surface area contributed by atoms with Crippen LogP contribution in [0.15, 0.2) is 0 Å². The van der Waals surface area contributed by atoms with Gasteiger partial charge in [-0.1, -0.05) is 13.8 Å². The summed E-state index contributed by atoms with van der Waals surface area (Å²) in [4.78, 5) is 27.3. The normalized spacial score (nSPS) is 22.9. The Hall–Kier alpha value is -1.10. The van der Waals surface area contributed by atoms with Gasteiger partial charge in [-0.15, -0.1) is 0 Å². The Bertz CT molecular complexity index is 305. The zero-order valence-corrected chi connectivity index (χ0v) is 11.9. The van der Waals surface area contributed by atoms with Gasteiger partial charge in [-0.3, -0.25) is 9.59 Å². The molecule has 2 unspecified atom stereocenters. The molecule has 1 aliphatic rings. The lowest BCUT2D eigenvalue weighted by Gasteiger charge is -2.27. The Morgan fingerprint density at radius 2 is 2.00 bits per heavy atom. The predicted octanol–water partition coefficient (Wildman–Crippen LogP) is 0.311. The molecule has 18 heavy (non-hydrogen) atoms. The van der Waals surface area contributed by atoms with Gasteiger partial charge in [0.25, 0.3) is 0 Å². The molecule has 0 radical (unpaired) electrons. The van der Waals surface area contributed by atoms with Crippen molar-refractivity contribution in [3.05, 3.63) is 0 Å². The van der Waals surface area contributed by atoms with Gasteiger partial charge in [-0.2, -0.15) is 0 Å². The number of nitrogens with one attached hydrogen (secondary N) is 1. The molecule has 5 nitrogen and oxygen atoms in total. The molecule has 0 bridgehead atoms. The van der Waals surface area contributed by atoms with Crippen molar-refractivity contribution in [1.82, 2.24) is 15.1 Å². The van der Waals surface area contributed by atoms with Crippen molar-refractivity contribution in [2.75, 3.05) is 33.7 Å².